The Morgan fingerprint density at radius 1 is 0.583 bits per heavy atom. The predicted molar refractivity (Wildman–Crippen MR) is 45.7 cm³/mol. The molecule has 0 spiro atoms. The molecular weight excluding hydrogens is 152 g/mol. The molecule has 0 radical (unpaired) electrons. The van der Waals surface area contributed by atoms with Crippen LogP contribution in [0.5, 0.6) is 0 Å². The first-order chi connectivity index (χ1) is 5.97. The van der Waals surface area contributed by atoms with Crippen LogP contribution in [-0.2, 0) is 9.47 Å². The van der Waals surface area contributed by atoms with E-state index in [-0.39, 0.29) is 0 Å². The van der Waals surface area contributed by atoms with Gasteiger partial charge < -0.3 is 9.47 Å². The summed E-state index contributed by atoms with van der Waals surface area (Å²) in [6.07, 6.45) is 15.0. The van der Waals surface area contributed by atoms with Crippen molar-refractivity contribution >= 4 is 0 Å². The van der Waals surface area contributed by atoms with Crippen LogP contribution in [0.4, 0.5) is 0 Å². The second-order valence-electron chi connectivity index (χ2n) is 2.74. The first-order valence-corrected chi connectivity index (χ1v) is 3.94. The van der Waals surface area contributed by atoms with Crippen LogP contribution in [0.1, 0.15) is 0 Å². The molecule has 62 valence electrons. The first-order valence-electron chi connectivity index (χ1n) is 3.94. The van der Waals surface area contributed by atoms with Gasteiger partial charge in [0.2, 0.25) is 0 Å². The van der Waals surface area contributed by atoms with Crippen LogP contribution in [0.2, 0.25) is 0 Å². The molecule has 2 aliphatic heterocycles. The normalized spacial score (nSPS) is 22.3. The van der Waals surface area contributed by atoms with Crippen LogP contribution in [0, 0.1) is 11.8 Å². The Morgan fingerprint density at radius 3 is 1.25 bits per heavy atom. The minimum atomic E-state index is 0.398. The molecule has 2 nitrogen and oxygen atoms in total. The maximum Gasteiger partial charge on any atom is 0.0867 e. The summed E-state index contributed by atoms with van der Waals surface area (Å²) in [6, 6.07) is 0. The Bertz CT molecular complexity index is 209. The molecule has 0 N–H and O–H groups in total. The molecule has 2 aliphatic rings. The van der Waals surface area contributed by atoms with Gasteiger partial charge in [-0.3, -0.25) is 0 Å². The van der Waals surface area contributed by atoms with Crippen molar-refractivity contribution in [1.29, 1.82) is 0 Å². The summed E-state index contributed by atoms with van der Waals surface area (Å²) in [6.45, 7) is 0. The van der Waals surface area contributed by atoms with E-state index in [0.717, 1.165) is 0 Å². The van der Waals surface area contributed by atoms with E-state index >= 15 is 0 Å². The Morgan fingerprint density at radius 2 is 0.917 bits per heavy atom. The fraction of sp³-hybridized carbons (Fsp3) is 0.200. The second kappa shape index (κ2) is 3.30. The topological polar surface area (TPSA) is 18.5 Å². The minimum absolute atomic E-state index is 0.398. The van der Waals surface area contributed by atoms with Crippen LogP contribution < -0.4 is 0 Å². The van der Waals surface area contributed by atoms with Crippen LogP contribution in [0.15, 0.2) is 49.4 Å². The van der Waals surface area contributed by atoms with Crippen molar-refractivity contribution in [2.45, 2.75) is 0 Å². The summed E-state index contributed by atoms with van der Waals surface area (Å²) >= 11 is 0. The van der Waals surface area contributed by atoms with Gasteiger partial charge >= 0.3 is 0 Å². The SMILES string of the molecule is C1=CC(C2C=COC=C2)C=CO1. The van der Waals surface area contributed by atoms with Crippen molar-refractivity contribution < 1.29 is 9.47 Å². The fourth-order valence-corrected chi connectivity index (χ4v) is 1.28. The maximum absolute atomic E-state index is 4.95. The van der Waals surface area contributed by atoms with Crippen LogP contribution in [-0.4, -0.2) is 0 Å². The minimum Gasteiger partial charge on any atom is -0.473 e. The summed E-state index contributed by atoms with van der Waals surface area (Å²) in [5, 5.41) is 0. The molecule has 2 heteroatoms. The van der Waals surface area contributed by atoms with Crippen molar-refractivity contribution in [3.05, 3.63) is 49.4 Å². The van der Waals surface area contributed by atoms with E-state index in [2.05, 4.69) is 0 Å². The van der Waals surface area contributed by atoms with Gasteiger partial charge in [-0.05, 0) is 24.3 Å². The van der Waals surface area contributed by atoms with Crippen LogP contribution >= 0.6 is 0 Å². The van der Waals surface area contributed by atoms with Crippen molar-refractivity contribution in [3.8, 4) is 0 Å². The number of hydrogen-bond acceptors (Lipinski definition) is 2. The van der Waals surface area contributed by atoms with E-state index < -0.39 is 0 Å². The number of rotatable bonds is 1. The summed E-state index contributed by atoms with van der Waals surface area (Å²) < 4.78 is 9.90. The Kier molecular flexibility index (Phi) is 1.99. The summed E-state index contributed by atoms with van der Waals surface area (Å²) in [5.74, 6) is 0.797. The van der Waals surface area contributed by atoms with Gasteiger partial charge in [-0.1, -0.05) is 0 Å². The molecule has 0 aromatic heterocycles. The van der Waals surface area contributed by atoms with E-state index in [9.17, 15) is 0 Å². The van der Waals surface area contributed by atoms with Gasteiger partial charge in [0, 0.05) is 11.8 Å². The van der Waals surface area contributed by atoms with E-state index in [1.54, 1.807) is 25.0 Å². The maximum atomic E-state index is 4.95. The van der Waals surface area contributed by atoms with Gasteiger partial charge in [-0.25, -0.2) is 0 Å². The first kappa shape index (κ1) is 7.22. The lowest BCUT2D eigenvalue weighted by atomic mass is 9.91. The molecule has 12 heavy (non-hydrogen) atoms. The largest absolute Gasteiger partial charge is 0.473 e. The van der Waals surface area contributed by atoms with E-state index in [4.69, 9.17) is 9.47 Å². The highest BCUT2D eigenvalue weighted by Gasteiger charge is 2.14. The van der Waals surface area contributed by atoms with Gasteiger partial charge in [0.05, 0.1) is 25.0 Å². The highest BCUT2D eigenvalue weighted by atomic mass is 16.5. The van der Waals surface area contributed by atoms with Gasteiger partial charge in [0.1, 0.15) is 0 Å². The highest BCUT2D eigenvalue weighted by molar-refractivity contribution is 5.14. The third-order valence-corrected chi connectivity index (χ3v) is 1.96. The molecule has 0 fully saturated rings. The Labute approximate surface area is 71.5 Å². The third-order valence-electron chi connectivity index (χ3n) is 1.96. The van der Waals surface area contributed by atoms with Crippen molar-refractivity contribution in [3.63, 3.8) is 0 Å². The van der Waals surface area contributed by atoms with Crippen molar-refractivity contribution in [2.75, 3.05) is 0 Å². The molecule has 0 atom stereocenters. The monoisotopic (exact) mass is 162 g/mol. The Hall–Kier alpha value is -1.44. The van der Waals surface area contributed by atoms with E-state index in [0.29, 0.717) is 11.8 Å². The van der Waals surface area contributed by atoms with Gasteiger partial charge in [-0.15, -0.1) is 0 Å². The molecule has 0 aromatic rings. The lowest BCUT2D eigenvalue weighted by molar-refractivity contribution is 0.362. The molecular formula is C10H10O2. The smallest absolute Gasteiger partial charge is 0.0867 e. The molecule has 0 saturated carbocycles. The third kappa shape index (κ3) is 1.42. The van der Waals surface area contributed by atoms with Crippen molar-refractivity contribution in [1.82, 2.24) is 0 Å². The van der Waals surface area contributed by atoms with Gasteiger partial charge in [0.15, 0.2) is 0 Å². The zero-order valence-electron chi connectivity index (χ0n) is 6.59. The summed E-state index contributed by atoms with van der Waals surface area (Å²) in [7, 11) is 0. The summed E-state index contributed by atoms with van der Waals surface area (Å²) in [5.41, 5.74) is 0. The molecule has 0 aromatic carbocycles. The van der Waals surface area contributed by atoms with E-state index in [1.165, 1.54) is 0 Å². The number of allylic oxidation sites excluding steroid dienone is 4. The number of hydrogen-bond donors (Lipinski definition) is 0. The van der Waals surface area contributed by atoms with Crippen molar-refractivity contribution in [2.24, 2.45) is 11.8 Å². The average molecular weight is 162 g/mol. The average Bonchev–Trinajstić information content (AvgIpc) is 2.21. The molecule has 0 saturated heterocycles. The second-order valence-corrected chi connectivity index (χ2v) is 2.74. The zero-order chi connectivity index (χ0) is 8.23. The quantitative estimate of drug-likeness (QED) is 0.589. The lowest BCUT2D eigenvalue weighted by Crippen LogP contribution is -2.08. The van der Waals surface area contributed by atoms with Crippen LogP contribution in [0.3, 0.4) is 0 Å². The molecule has 2 heterocycles. The molecule has 2 rings (SSSR count). The molecule has 0 amide bonds. The Balaban J connectivity index is 2.07. The zero-order valence-corrected chi connectivity index (χ0v) is 6.59. The van der Waals surface area contributed by atoms with Crippen LogP contribution in [0.25, 0.3) is 0 Å². The summed E-state index contributed by atoms with van der Waals surface area (Å²) in [4.78, 5) is 0. The molecule has 0 unspecified atom stereocenters. The molecule has 0 bridgehead atoms. The number of ether oxygens (including phenoxy) is 2. The standard InChI is InChI=1S/C10H10O2/c1-5-11-6-2-9(1)10-3-7-12-8-4-10/h1-10H. The van der Waals surface area contributed by atoms with E-state index in [1.807, 2.05) is 24.3 Å². The predicted octanol–water partition coefficient (Wildman–Crippen LogP) is 2.33. The fourth-order valence-electron chi connectivity index (χ4n) is 1.28. The lowest BCUT2D eigenvalue weighted by Gasteiger charge is -2.18. The van der Waals surface area contributed by atoms with Gasteiger partial charge in [-0.2, -0.15) is 0 Å². The molecule has 0 aliphatic carbocycles. The van der Waals surface area contributed by atoms with Gasteiger partial charge in [0.25, 0.3) is 0 Å². The highest BCUT2D eigenvalue weighted by Crippen LogP contribution is 2.22.